The number of alkyl halides is 3. The van der Waals surface area contributed by atoms with Crippen molar-refractivity contribution in [3.05, 3.63) is 88.2 Å². The molecule has 0 saturated heterocycles. The summed E-state index contributed by atoms with van der Waals surface area (Å²) in [7, 11) is 0. The summed E-state index contributed by atoms with van der Waals surface area (Å²) in [5.41, 5.74) is -2.14. The fourth-order valence-electron chi connectivity index (χ4n) is 3.35. The number of rotatable bonds is 3. The van der Waals surface area contributed by atoms with Gasteiger partial charge in [0, 0.05) is 10.9 Å². The molecular formula is C22H12ClF4N2NaO3. The number of para-hydroxylation sites is 1. The molecule has 0 fully saturated rings. The molecule has 1 aromatic heterocycles. The van der Waals surface area contributed by atoms with Crippen molar-refractivity contribution in [1.29, 1.82) is 0 Å². The minimum absolute atomic E-state index is 0. The Kier molecular flexibility index (Phi) is 6.99. The molecule has 4 aromatic rings. The number of halogens is 5. The predicted molar refractivity (Wildman–Crippen MR) is 115 cm³/mol. The standard InChI is InChI=1S/C22H11ClF4N2O3.Na.H/c23-15-6-3-5-14(22(25,26)27)18(15)20(30)29-17-7-2-1-4-13(17)19(28-29)11-8-9-12(21(31)32)16(24)10-11;;/h1-10H,(H,31,32);;. The van der Waals surface area contributed by atoms with E-state index in [2.05, 4.69) is 5.10 Å². The van der Waals surface area contributed by atoms with Gasteiger partial charge in [-0.15, -0.1) is 0 Å². The van der Waals surface area contributed by atoms with Crippen LogP contribution in [0, 0.1) is 5.82 Å². The summed E-state index contributed by atoms with van der Waals surface area (Å²) in [6.07, 6.45) is -4.84. The van der Waals surface area contributed by atoms with Crippen molar-refractivity contribution in [3.8, 4) is 11.3 Å². The molecule has 33 heavy (non-hydrogen) atoms. The summed E-state index contributed by atoms with van der Waals surface area (Å²) in [5, 5.41) is 13.1. The molecule has 164 valence electrons. The quantitative estimate of drug-likeness (QED) is 0.317. The number of aromatic carboxylic acids is 1. The van der Waals surface area contributed by atoms with Crippen LogP contribution in [0.4, 0.5) is 17.6 Å². The van der Waals surface area contributed by atoms with Crippen molar-refractivity contribution in [2.75, 3.05) is 0 Å². The summed E-state index contributed by atoms with van der Waals surface area (Å²) < 4.78 is 55.5. The molecule has 0 amide bonds. The molecule has 0 aliphatic carbocycles. The van der Waals surface area contributed by atoms with Gasteiger partial charge in [0.05, 0.1) is 27.2 Å². The number of hydrogen-bond acceptors (Lipinski definition) is 3. The molecule has 0 saturated carbocycles. The molecule has 0 unspecified atom stereocenters. The van der Waals surface area contributed by atoms with Gasteiger partial charge in [-0.2, -0.15) is 23.0 Å². The van der Waals surface area contributed by atoms with Gasteiger partial charge >= 0.3 is 41.7 Å². The molecule has 0 aliphatic heterocycles. The van der Waals surface area contributed by atoms with Gasteiger partial charge in [-0.25, -0.2) is 9.18 Å². The van der Waals surface area contributed by atoms with E-state index in [-0.39, 0.29) is 46.3 Å². The van der Waals surface area contributed by atoms with Crippen LogP contribution in [0.1, 0.15) is 26.3 Å². The number of fused-ring (bicyclic) bond motifs is 1. The van der Waals surface area contributed by atoms with E-state index in [4.69, 9.17) is 16.7 Å². The Labute approximate surface area is 210 Å². The Balaban J connectivity index is 0.00000306. The average molecular weight is 487 g/mol. The maximum absolute atomic E-state index is 14.2. The summed E-state index contributed by atoms with van der Waals surface area (Å²) in [5.74, 6) is -3.60. The van der Waals surface area contributed by atoms with Gasteiger partial charge < -0.3 is 5.11 Å². The van der Waals surface area contributed by atoms with Crippen LogP contribution in [0.2, 0.25) is 5.02 Å². The van der Waals surface area contributed by atoms with Gasteiger partial charge in [-0.1, -0.05) is 41.9 Å². The number of aromatic nitrogens is 2. The first-order valence-corrected chi connectivity index (χ1v) is 9.38. The normalized spacial score (nSPS) is 11.3. The number of carboxylic acids is 1. The first kappa shape index (κ1) is 24.9. The van der Waals surface area contributed by atoms with Gasteiger partial charge in [-0.3, -0.25) is 4.79 Å². The van der Waals surface area contributed by atoms with Crippen molar-refractivity contribution < 1.29 is 32.3 Å². The van der Waals surface area contributed by atoms with Crippen molar-refractivity contribution in [1.82, 2.24) is 9.78 Å². The first-order chi connectivity index (χ1) is 15.1. The number of carbonyl (C=O) groups excluding carboxylic acids is 1. The van der Waals surface area contributed by atoms with Crippen molar-refractivity contribution >= 4 is 63.9 Å². The van der Waals surface area contributed by atoms with Gasteiger partial charge in [0.25, 0.3) is 5.91 Å². The molecule has 0 atom stereocenters. The van der Waals surface area contributed by atoms with E-state index in [0.29, 0.717) is 5.39 Å². The molecule has 11 heteroatoms. The Bertz CT molecular complexity index is 1400. The van der Waals surface area contributed by atoms with Crippen LogP contribution in [-0.2, 0) is 6.18 Å². The van der Waals surface area contributed by atoms with Crippen LogP contribution >= 0.6 is 11.6 Å². The van der Waals surface area contributed by atoms with E-state index < -0.39 is 45.6 Å². The van der Waals surface area contributed by atoms with Crippen molar-refractivity contribution in [2.24, 2.45) is 0 Å². The number of carbonyl (C=O) groups is 2. The van der Waals surface area contributed by atoms with E-state index in [1.165, 1.54) is 12.1 Å². The van der Waals surface area contributed by atoms with E-state index in [9.17, 15) is 27.2 Å². The van der Waals surface area contributed by atoms with Crippen LogP contribution in [0.5, 0.6) is 0 Å². The van der Waals surface area contributed by atoms with Gasteiger partial charge in [-0.05, 0) is 30.3 Å². The molecule has 4 rings (SSSR count). The molecule has 1 heterocycles. The van der Waals surface area contributed by atoms with Crippen LogP contribution in [0.3, 0.4) is 0 Å². The van der Waals surface area contributed by atoms with Crippen molar-refractivity contribution in [2.45, 2.75) is 6.18 Å². The molecule has 5 nitrogen and oxygen atoms in total. The zero-order valence-corrected chi connectivity index (χ0v) is 16.6. The SMILES string of the molecule is O=C(O)c1ccc(-c2nn(C(=O)c3c(Cl)cccc3C(F)(F)F)c3ccccc23)cc1F.[NaH]. The van der Waals surface area contributed by atoms with Gasteiger partial charge in [0.15, 0.2) is 0 Å². The number of benzene rings is 3. The molecule has 0 radical (unpaired) electrons. The van der Waals surface area contributed by atoms with Crippen LogP contribution < -0.4 is 0 Å². The molecule has 0 aliphatic rings. The fraction of sp³-hybridized carbons (Fsp3) is 0.0455. The predicted octanol–water partition coefficient (Wildman–Crippen LogP) is 5.25. The number of carboxylic acid groups (broad SMARTS) is 1. The molecule has 1 N–H and O–H groups in total. The second-order valence-corrected chi connectivity index (χ2v) is 7.15. The van der Waals surface area contributed by atoms with Crippen LogP contribution in [-0.4, -0.2) is 56.3 Å². The molecule has 3 aromatic carbocycles. The fourth-order valence-corrected chi connectivity index (χ4v) is 3.61. The van der Waals surface area contributed by atoms with E-state index in [0.717, 1.165) is 35.0 Å². The first-order valence-electron chi connectivity index (χ1n) is 9.01. The second-order valence-electron chi connectivity index (χ2n) is 6.74. The second kappa shape index (κ2) is 9.26. The Hall–Kier alpha value is -2.72. The van der Waals surface area contributed by atoms with Crippen LogP contribution in [0.15, 0.2) is 60.7 Å². The summed E-state index contributed by atoms with van der Waals surface area (Å²) in [4.78, 5) is 24.2. The average Bonchev–Trinajstić information content (AvgIpc) is 3.12. The minimum atomic E-state index is -4.84. The number of hydrogen-bond donors (Lipinski definition) is 1. The zero-order chi connectivity index (χ0) is 23.2. The summed E-state index contributed by atoms with van der Waals surface area (Å²) in [6, 6.07) is 12.5. The monoisotopic (exact) mass is 486 g/mol. The van der Waals surface area contributed by atoms with Gasteiger partial charge in [0.2, 0.25) is 0 Å². The van der Waals surface area contributed by atoms with Gasteiger partial charge in [0.1, 0.15) is 11.5 Å². The van der Waals surface area contributed by atoms with E-state index >= 15 is 0 Å². The van der Waals surface area contributed by atoms with E-state index in [1.54, 1.807) is 18.2 Å². The van der Waals surface area contributed by atoms with E-state index in [1.807, 2.05) is 0 Å². The van der Waals surface area contributed by atoms with Crippen molar-refractivity contribution in [3.63, 3.8) is 0 Å². The third kappa shape index (κ3) is 4.54. The third-order valence-electron chi connectivity index (χ3n) is 4.79. The third-order valence-corrected chi connectivity index (χ3v) is 5.10. The zero-order valence-electron chi connectivity index (χ0n) is 15.8. The summed E-state index contributed by atoms with van der Waals surface area (Å²) >= 11 is 5.96. The molecule has 0 bridgehead atoms. The molecular weight excluding hydrogens is 475 g/mol. The Morgan fingerprint density at radius 3 is 2.33 bits per heavy atom. The Morgan fingerprint density at radius 1 is 1.00 bits per heavy atom. The maximum atomic E-state index is 14.2. The molecule has 0 spiro atoms. The Morgan fingerprint density at radius 2 is 1.70 bits per heavy atom. The summed E-state index contributed by atoms with van der Waals surface area (Å²) in [6.45, 7) is 0. The topological polar surface area (TPSA) is 72.2 Å². The van der Waals surface area contributed by atoms with Crippen LogP contribution in [0.25, 0.3) is 22.2 Å². The number of nitrogens with zero attached hydrogens (tertiary/aromatic N) is 2.